The second-order valence-electron chi connectivity index (χ2n) is 6.18. The van der Waals surface area contributed by atoms with Crippen LogP contribution in [-0.2, 0) is 16.6 Å². The molecule has 1 aliphatic rings. The quantitative estimate of drug-likeness (QED) is 0.837. The Morgan fingerprint density at radius 3 is 2.62 bits per heavy atom. The monoisotopic (exact) mass is 397 g/mol. The third-order valence-electron chi connectivity index (χ3n) is 4.36. The topological polar surface area (TPSA) is 92.5 Å². The van der Waals surface area contributed by atoms with Crippen molar-refractivity contribution in [2.24, 2.45) is 0 Å². The standard InChI is InChI=1S/C17H20ClN3O4S/c1-11-12(2)25-16(20-11)10-19-17(22)14-9-13(5-6-15(14)18)26(23,24)21-7-3-4-8-21/h5-6,9H,3-4,7-8,10H2,1-2H3,(H,19,22). The number of nitrogens with one attached hydrogen (secondary N) is 1. The molecule has 0 bridgehead atoms. The molecule has 2 aromatic rings. The van der Waals surface area contributed by atoms with Gasteiger partial charge in [0.2, 0.25) is 15.9 Å². The summed E-state index contributed by atoms with van der Waals surface area (Å²) in [4.78, 5) is 16.7. The van der Waals surface area contributed by atoms with Gasteiger partial charge in [0.1, 0.15) is 5.76 Å². The lowest BCUT2D eigenvalue weighted by atomic mass is 10.2. The summed E-state index contributed by atoms with van der Waals surface area (Å²) in [6.07, 6.45) is 1.68. The van der Waals surface area contributed by atoms with E-state index in [0.717, 1.165) is 18.5 Å². The molecule has 0 unspecified atom stereocenters. The number of aromatic nitrogens is 1. The minimum atomic E-state index is -3.62. The molecule has 0 atom stereocenters. The molecule has 9 heteroatoms. The van der Waals surface area contributed by atoms with Crippen LogP contribution in [0.4, 0.5) is 0 Å². The van der Waals surface area contributed by atoms with Gasteiger partial charge in [0.05, 0.1) is 27.7 Å². The maximum Gasteiger partial charge on any atom is 0.253 e. The summed E-state index contributed by atoms with van der Waals surface area (Å²) in [5.74, 6) is 0.582. The number of hydrogen-bond acceptors (Lipinski definition) is 5. The van der Waals surface area contributed by atoms with Gasteiger partial charge in [-0.2, -0.15) is 4.31 Å². The molecule has 1 aromatic carbocycles. The van der Waals surface area contributed by atoms with E-state index in [1.165, 1.54) is 22.5 Å². The van der Waals surface area contributed by atoms with E-state index in [1.54, 1.807) is 6.92 Å². The van der Waals surface area contributed by atoms with E-state index in [-0.39, 0.29) is 22.0 Å². The molecule has 0 radical (unpaired) electrons. The number of carbonyl (C=O) groups is 1. The number of aryl methyl sites for hydroxylation is 2. The number of oxazole rings is 1. The summed E-state index contributed by atoms with van der Waals surface area (Å²) in [7, 11) is -3.62. The first-order valence-corrected chi connectivity index (χ1v) is 10.1. The van der Waals surface area contributed by atoms with Crippen molar-refractivity contribution in [3.63, 3.8) is 0 Å². The van der Waals surface area contributed by atoms with Crippen LogP contribution in [-0.4, -0.2) is 36.7 Å². The van der Waals surface area contributed by atoms with Crippen LogP contribution in [0, 0.1) is 13.8 Å². The van der Waals surface area contributed by atoms with Gasteiger partial charge < -0.3 is 9.73 Å². The largest absolute Gasteiger partial charge is 0.444 e. The predicted octanol–water partition coefficient (Wildman–Crippen LogP) is 2.66. The van der Waals surface area contributed by atoms with Crippen molar-refractivity contribution in [2.45, 2.75) is 38.1 Å². The van der Waals surface area contributed by atoms with Crippen molar-refractivity contribution in [1.82, 2.24) is 14.6 Å². The van der Waals surface area contributed by atoms with Crippen molar-refractivity contribution in [3.8, 4) is 0 Å². The Morgan fingerprint density at radius 2 is 2.00 bits per heavy atom. The molecule has 26 heavy (non-hydrogen) atoms. The zero-order valence-electron chi connectivity index (χ0n) is 14.6. The van der Waals surface area contributed by atoms with Crippen LogP contribution >= 0.6 is 11.6 Å². The van der Waals surface area contributed by atoms with Gasteiger partial charge in [0, 0.05) is 13.1 Å². The smallest absolute Gasteiger partial charge is 0.253 e. The number of halogens is 1. The molecule has 0 spiro atoms. The fraction of sp³-hybridized carbons (Fsp3) is 0.412. The molecule has 1 fully saturated rings. The highest BCUT2D eigenvalue weighted by molar-refractivity contribution is 7.89. The van der Waals surface area contributed by atoms with Crippen molar-refractivity contribution < 1.29 is 17.6 Å². The average molecular weight is 398 g/mol. The summed E-state index contributed by atoms with van der Waals surface area (Å²) in [5, 5.41) is 2.84. The van der Waals surface area contributed by atoms with Crippen LogP contribution in [0.15, 0.2) is 27.5 Å². The van der Waals surface area contributed by atoms with Crippen LogP contribution < -0.4 is 5.32 Å². The number of benzene rings is 1. The summed E-state index contributed by atoms with van der Waals surface area (Å²) in [6.45, 7) is 4.68. The minimum absolute atomic E-state index is 0.0664. The third kappa shape index (κ3) is 3.77. The Bertz CT molecular complexity index is 914. The lowest BCUT2D eigenvalue weighted by Crippen LogP contribution is -2.28. The second kappa shape index (κ2) is 7.38. The van der Waals surface area contributed by atoms with Gasteiger partial charge in [0.25, 0.3) is 5.91 Å². The third-order valence-corrected chi connectivity index (χ3v) is 6.58. The Balaban J connectivity index is 1.79. The fourth-order valence-corrected chi connectivity index (χ4v) is 4.53. The van der Waals surface area contributed by atoms with Crippen LogP contribution in [0.3, 0.4) is 0 Å². The van der Waals surface area contributed by atoms with Gasteiger partial charge in [-0.15, -0.1) is 0 Å². The number of rotatable bonds is 5. The SMILES string of the molecule is Cc1nc(CNC(=O)c2cc(S(=O)(=O)N3CCCC3)ccc2Cl)oc1C. The van der Waals surface area contributed by atoms with Gasteiger partial charge >= 0.3 is 0 Å². The van der Waals surface area contributed by atoms with E-state index >= 15 is 0 Å². The van der Waals surface area contributed by atoms with Crippen molar-refractivity contribution in [1.29, 1.82) is 0 Å². The zero-order valence-corrected chi connectivity index (χ0v) is 16.2. The Morgan fingerprint density at radius 1 is 1.31 bits per heavy atom. The van der Waals surface area contributed by atoms with Gasteiger partial charge in [-0.1, -0.05) is 11.6 Å². The van der Waals surface area contributed by atoms with E-state index in [0.29, 0.717) is 24.7 Å². The summed E-state index contributed by atoms with van der Waals surface area (Å²) >= 11 is 6.10. The van der Waals surface area contributed by atoms with Crippen LogP contribution in [0.1, 0.15) is 40.5 Å². The van der Waals surface area contributed by atoms with Crippen molar-refractivity contribution >= 4 is 27.5 Å². The normalized spacial score (nSPS) is 15.3. The van der Waals surface area contributed by atoms with Crippen LogP contribution in [0.25, 0.3) is 0 Å². The molecule has 1 amide bonds. The maximum absolute atomic E-state index is 12.7. The number of carbonyl (C=O) groups excluding carboxylic acids is 1. The minimum Gasteiger partial charge on any atom is -0.444 e. The van der Waals surface area contributed by atoms with Crippen molar-refractivity contribution in [3.05, 3.63) is 46.1 Å². The molecule has 0 aliphatic carbocycles. The lowest BCUT2D eigenvalue weighted by Gasteiger charge is -2.16. The number of hydrogen-bond donors (Lipinski definition) is 1. The van der Waals surface area contributed by atoms with Gasteiger partial charge in [-0.05, 0) is 44.9 Å². The first-order valence-electron chi connectivity index (χ1n) is 8.30. The molecule has 140 valence electrons. The highest BCUT2D eigenvalue weighted by atomic mass is 35.5. The number of nitrogens with zero attached hydrogens (tertiary/aromatic N) is 2. The number of sulfonamides is 1. The molecule has 7 nitrogen and oxygen atoms in total. The zero-order chi connectivity index (χ0) is 18.9. The van der Waals surface area contributed by atoms with E-state index in [4.69, 9.17) is 16.0 Å². The van der Waals surface area contributed by atoms with Gasteiger partial charge in [-0.3, -0.25) is 4.79 Å². The molecule has 1 aromatic heterocycles. The van der Waals surface area contributed by atoms with E-state index in [2.05, 4.69) is 10.3 Å². The lowest BCUT2D eigenvalue weighted by molar-refractivity contribution is 0.0947. The van der Waals surface area contributed by atoms with Crippen LogP contribution in [0.5, 0.6) is 0 Å². The molecular formula is C17H20ClN3O4S. The van der Waals surface area contributed by atoms with E-state index < -0.39 is 15.9 Å². The summed E-state index contributed by atoms with van der Waals surface area (Å²) < 4.78 is 32.2. The summed E-state index contributed by atoms with van der Waals surface area (Å²) in [6, 6.07) is 4.17. The predicted molar refractivity (Wildman–Crippen MR) is 96.6 cm³/mol. The fourth-order valence-electron chi connectivity index (χ4n) is 2.78. The molecule has 1 aliphatic heterocycles. The average Bonchev–Trinajstić information content (AvgIpc) is 3.24. The highest BCUT2D eigenvalue weighted by Gasteiger charge is 2.28. The first-order chi connectivity index (χ1) is 12.3. The van der Waals surface area contributed by atoms with E-state index in [1.807, 2.05) is 6.92 Å². The Kier molecular flexibility index (Phi) is 5.36. The highest BCUT2D eigenvalue weighted by Crippen LogP contribution is 2.25. The molecule has 1 N–H and O–H groups in total. The molecular weight excluding hydrogens is 378 g/mol. The van der Waals surface area contributed by atoms with E-state index in [9.17, 15) is 13.2 Å². The second-order valence-corrected chi connectivity index (χ2v) is 8.53. The summed E-state index contributed by atoms with van der Waals surface area (Å²) in [5.41, 5.74) is 0.859. The molecule has 3 rings (SSSR count). The Labute approximate surface area is 157 Å². The van der Waals surface area contributed by atoms with Crippen LogP contribution in [0.2, 0.25) is 5.02 Å². The van der Waals surface area contributed by atoms with Crippen molar-refractivity contribution in [2.75, 3.05) is 13.1 Å². The molecule has 2 heterocycles. The first kappa shape index (κ1) is 18.9. The molecule has 0 saturated carbocycles. The Hall–Kier alpha value is -1.90. The van der Waals surface area contributed by atoms with Gasteiger partial charge in [-0.25, -0.2) is 13.4 Å². The number of amides is 1. The molecule has 1 saturated heterocycles. The maximum atomic E-state index is 12.7. The van der Waals surface area contributed by atoms with Gasteiger partial charge in [0.15, 0.2) is 0 Å².